The maximum Gasteiger partial charge on any atom is 0.106 e. The number of fused-ring (bicyclic) bond motifs is 3. The SMILES string of the molecule is CC(C)CCC[C@@H](C)[C@H]1CC[C@@H]2[C@]1(C)CC[C@H]1[C@@]23O[C@@H]3C=C2CC(O)CC[C@@]21C. The third kappa shape index (κ3) is 2.87. The van der Waals surface area contributed by atoms with Crippen LogP contribution in [-0.4, -0.2) is 22.9 Å². The standard InChI is InChI=1S/C27H44O2/c1-17(2)7-6-8-18(3)21-9-10-22-26(21,5)14-12-23-25(4)13-11-20(28)15-19(25)16-24-27(22,23)29-24/h16-18,20-24,28H,6-15H2,1-5H3/t18-,20?,21-,22-,23-,24-,25+,26-,27+/m1/s1. The molecule has 4 fully saturated rings. The molecule has 29 heavy (non-hydrogen) atoms. The summed E-state index contributed by atoms with van der Waals surface area (Å²) in [5.41, 5.74) is 2.41. The summed E-state index contributed by atoms with van der Waals surface area (Å²) in [6.45, 7) is 12.4. The van der Waals surface area contributed by atoms with Crippen molar-refractivity contribution in [3.05, 3.63) is 11.6 Å². The van der Waals surface area contributed by atoms with Crippen molar-refractivity contribution in [2.75, 3.05) is 0 Å². The highest BCUT2D eigenvalue weighted by Gasteiger charge is 2.76. The Labute approximate surface area is 178 Å². The van der Waals surface area contributed by atoms with Crippen LogP contribution in [0.5, 0.6) is 0 Å². The van der Waals surface area contributed by atoms with Crippen molar-refractivity contribution in [3.8, 4) is 0 Å². The molecule has 9 atom stereocenters. The van der Waals surface area contributed by atoms with E-state index in [0.717, 1.165) is 42.9 Å². The molecule has 5 aliphatic rings. The van der Waals surface area contributed by atoms with Gasteiger partial charge in [-0.2, -0.15) is 0 Å². The van der Waals surface area contributed by atoms with Gasteiger partial charge in [-0.05, 0) is 79.4 Å². The summed E-state index contributed by atoms with van der Waals surface area (Å²) >= 11 is 0. The number of hydrogen-bond donors (Lipinski definition) is 1. The van der Waals surface area contributed by atoms with Gasteiger partial charge in [-0.25, -0.2) is 0 Å². The highest BCUT2D eigenvalue weighted by atomic mass is 16.6. The van der Waals surface area contributed by atoms with E-state index in [1.54, 1.807) is 0 Å². The van der Waals surface area contributed by atoms with Gasteiger partial charge in [0, 0.05) is 5.92 Å². The van der Waals surface area contributed by atoms with Crippen LogP contribution in [0.4, 0.5) is 0 Å². The average Bonchev–Trinajstić information content (AvgIpc) is 3.22. The van der Waals surface area contributed by atoms with Gasteiger partial charge in [0.2, 0.25) is 0 Å². The van der Waals surface area contributed by atoms with E-state index in [0.29, 0.717) is 17.4 Å². The van der Waals surface area contributed by atoms with Crippen molar-refractivity contribution in [2.45, 2.75) is 117 Å². The second-order valence-corrected chi connectivity index (χ2v) is 12.5. The van der Waals surface area contributed by atoms with Gasteiger partial charge in [0.25, 0.3) is 0 Å². The summed E-state index contributed by atoms with van der Waals surface area (Å²) < 4.78 is 6.72. The van der Waals surface area contributed by atoms with Crippen LogP contribution in [0.25, 0.3) is 0 Å². The molecule has 1 saturated heterocycles. The molecular weight excluding hydrogens is 356 g/mol. The lowest BCUT2D eigenvalue weighted by atomic mass is 9.46. The monoisotopic (exact) mass is 400 g/mol. The van der Waals surface area contributed by atoms with E-state index in [1.807, 2.05) is 0 Å². The molecule has 5 rings (SSSR count). The van der Waals surface area contributed by atoms with Gasteiger partial charge in [-0.15, -0.1) is 0 Å². The van der Waals surface area contributed by atoms with Crippen LogP contribution in [0.3, 0.4) is 0 Å². The first-order valence-electron chi connectivity index (χ1n) is 12.8. The highest BCUT2D eigenvalue weighted by Crippen LogP contribution is 2.74. The van der Waals surface area contributed by atoms with E-state index in [2.05, 4.69) is 40.7 Å². The first-order valence-corrected chi connectivity index (χ1v) is 12.8. The molecule has 0 bridgehead atoms. The smallest absolute Gasteiger partial charge is 0.106 e. The Morgan fingerprint density at radius 2 is 1.83 bits per heavy atom. The molecular formula is C27H44O2. The van der Waals surface area contributed by atoms with E-state index in [9.17, 15) is 5.11 Å². The molecule has 1 unspecified atom stereocenters. The summed E-state index contributed by atoms with van der Waals surface area (Å²) in [5.74, 6) is 4.00. The summed E-state index contributed by atoms with van der Waals surface area (Å²) in [5, 5.41) is 10.3. The fourth-order valence-electron chi connectivity index (χ4n) is 9.05. The number of aliphatic hydroxyl groups excluding tert-OH is 1. The zero-order chi connectivity index (χ0) is 20.6. The Kier molecular flexibility index (Phi) is 4.84. The molecule has 4 aliphatic carbocycles. The highest BCUT2D eigenvalue weighted by molar-refractivity contribution is 5.38. The Morgan fingerprint density at radius 3 is 2.59 bits per heavy atom. The van der Waals surface area contributed by atoms with Gasteiger partial charge in [0.05, 0.1) is 6.10 Å². The summed E-state index contributed by atoms with van der Waals surface area (Å²) in [6.07, 6.45) is 15.4. The Bertz CT molecular complexity index is 682. The van der Waals surface area contributed by atoms with Crippen LogP contribution >= 0.6 is 0 Å². The van der Waals surface area contributed by atoms with E-state index in [4.69, 9.17) is 4.74 Å². The van der Waals surface area contributed by atoms with Gasteiger partial charge in [0.15, 0.2) is 0 Å². The molecule has 1 heterocycles. The maximum absolute atomic E-state index is 10.3. The fraction of sp³-hybridized carbons (Fsp3) is 0.926. The lowest BCUT2D eigenvalue weighted by Crippen LogP contribution is -2.56. The van der Waals surface area contributed by atoms with E-state index in [1.165, 1.54) is 50.5 Å². The molecule has 164 valence electrons. The first kappa shape index (κ1) is 20.6. The van der Waals surface area contributed by atoms with Gasteiger partial charge in [0.1, 0.15) is 11.7 Å². The predicted octanol–water partition coefficient (Wildman–Crippen LogP) is 6.52. The van der Waals surface area contributed by atoms with E-state index < -0.39 is 0 Å². The molecule has 0 amide bonds. The topological polar surface area (TPSA) is 32.8 Å². The normalized spacial score (nSPS) is 51.6. The number of hydrogen-bond acceptors (Lipinski definition) is 2. The van der Waals surface area contributed by atoms with Crippen LogP contribution in [-0.2, 0) is 4.74 Å². The van der Waals surface area contributed by atoms with Gasteiger partial charge < -0.3 is 9.84 Å². The van der Waals surface area contributed by atoms with Gasteiger partial charge in [-0.1, -0.05) is 65.5 Å². The second kappa shape index (κ2) is 6.83. The molecule has 1 aliphatic heterocycles. The Balaban J connectivity index is 1.38. The summed E-state index contributed by atoms with van der Waals surface area (Å²) in [6, 6.07) is 0. The number of aliphatic hydroxyl groups is 1. The van der Waals surface area contributed by atoms with E-state index >= 15 is 0 Å². The van der Waals surface area contributed by atoms with Gasteiger partial charge in [-0.3, -0.25) is 0 Å². The van der Waals surface area contributed by atoms with Crippen LogP contribution in [0, 0.1) is 40.4 Å². The predicted molar refractivity (Wildman–Crippen MR) is 119 cm³/mol. The Hall–Kier alpha value is -0.340. The molecule has 0 aromatic rings. The summed E-state index contributed by atoms with van der Waals surface area (Å²) in [7, 11) is 0. The largest absolute Gasteiger partial charge is 0.393 e. The first-order chi connectivity index (χ1) is 13.7. The molecule has 0 radical (unpaired) electrons. The minimum absolute atomic E-state index is 0.128. The molecule has 0 aromatic heterocycles. The zero-order valence-electron chi connectivity index (χ0n) is 19.5. The maximum atomic E-state index is 10.3. The van der Waals surface area contributed by atoms with Crippen LogP contribution in [0.15, 0.2) is 11.6 Å². The number of ether oxygens (including phenoxy) is 1. The number of rotatable bonds is 5. The molecule has 1 spiro atoms. The van der Waals surface area contributed by atoms with Crippen molar-refractivity contribution < 1.29 is 9.84 Å². The minimum atomic E-state index is -0.128. The molecule has 1 N–H and O–H groups in total. The third-order valence-corrected chi connectivity index (χ3v) is 10.6. The van der Waals surface area contributed by atoms with Crippen LogP contribution in [0.2, 0.25) is 0 Å². The Morgan fingerprint density at radius 1 is 1.03 bits per heavy atom. The van der Waals surface area contributed by atoms with Crippen molar-refractivity contribution in [2.24, 2.45) is 40.4 Å². The lowest BCUT2D eigenvalue weighted by molar-refractivity contribution is -0.0694. The van der Waals surface area contributed by atoms with Crippen molar-refractivity contribution in [3.63, 3.8) is 0 Å². The van der Waals surface area contributed by atoms with Crippen LogP contribution in [0.1, 0.15) is 98.8 Å². The quantitative estimate of drug-likeness (QED) is 0.421. The van der Waals surface area contributed by atoms with Gasteiger partial charge >= 0.3 is 0 Å². The summed E-state index contributed by atoms with van der Waals surface area (Å²) in [4.78, 5) is 0. The molecule has 3 saturated carbocycles. The zero-order valence-corrected chi connectivity index (χ0v) is 19.5. The van der Waals surface area contributed by atoms with Crippen LogP contribution < -0.4 is 0 Å². The minimum Gasteiger partial charge on any atom is -0.393 e. The third-order valence-electron chi connectivity index (χ3n) is 10.6. The van der Waals surface area contributed by atoms with Crippen molar-refractivity contribution >= 4 is 0 Å². The average molecular weight is 401 g/mol. The van der Waals surface area contributed by atoms with Crippen molar-refractivity contribution in [1.82, 2.24) is 0 Å². The molecule has 0 aromatic carbocycles. The number of epoxide rings is 1. The lowest BCUT2D eigenvalue weighted by Gasteiger charge is -2.57. The van der Waals surface area contributed by atoms with Crippen molar-refractivity contribution in [1.29, 1.82) is 0 Å². The fourth-order valence-corrected chi connectivity index (χ4v) is 9.05. The second-order valence-electron chi connectivity index (χ2n) is 12.5. The molecule has 2 nitrogen and oxygen atoms in total. The van der Waals surface area contributed by atoms with E-state index in [-0.39, 0.29) is 17.1 Å². The molecule has 2 heteroatoms.